The van der Waals surface area contributed by atoms with Crippen molar-refractivity contribution in [2.45, 2.75) is 26.3 Å². The number of halogens is 1. The zero-order valence-corrected chi connectivity index (χ0v) is 12.5. The fourth-order valence-electron chi connectivity index (χ4n) is 2.72. The van der Waals surface area contributed by atoms with Crippen LogP contribution in [0.5, 0.6) is 5.75 Å². The molecule has 1 aliphatic rings. The van der Waals surface area contributed by atoms with Crippen LogP contribution in [0.2, 0.25) is 5.15 Å². The van der Waals surface area contributed by atoms with E-state index in [1.54, 1.807) is 7.11 Å². The zero-order valence-electron chi connectivity index (χ0n) is 11.8. The quantitative estimate of drug-likeness (QED) is 0.774. The van der Waals surface area contributed by atoms with Gasteiger partial charge in [-0.15, -0.1) is 0 Å². The second-order valence-electron chi connectivity index (χ2n) is 4.63. The van der Waals surface area contributed by atoms with Gasteiger partial charge in [0.15, 0.2) is 16.7 Å². The van der Waals surface area contributed by atoms with Gasteiger partial charge < -0.3 is 9.64 Å². The van der Waals surface area contributed by atoms with Crippen LogP contribution in [0, 0.1) is 0 Å². The first-order chi connectivity index (χ1) is 9.21. The largest absolute Gasteiger partial charge is 0.490 e. The molecule has 2 heterocycles. The highest BCUT2D eigenvalue weighted by molar-refractivity contribution is 6.31. The van der Waals surface area contributed by atoms with Crippen molar-refractivity contribution in [3.63, 3.8) is 0 Å². The summed E-state index contributed by atoms with van der Waals surface area (Å²) >= 11 is 6.05. The molecule has 1 saturated heterocycles. The predicted octanol–water partition coefficient (Wildman–Crippen LogP) is 2.06. The van der Waals surface area contributed by atoms with Crippen molar-refractivity contribution in [1.29, 1.82) is 0 Å². The summed E-state index contributed by atoms with van der Waals surface area (Å²) in [6.45, 7) is 8.51. The number of nitrogens with zero attached hydrogens (tertiary/aromatic N) is 4. The van der Waals surface area contributed by atoms with Gasteiger partial charge in [-0.2, -0.15) is 0 Å². The molecule has 1 aromatic heterocycles. The van der Waals surface area contributed by atoms with Gasteiger partial charge >= 0.3 is 0 Å². The van der Waals surface area contributed by atoms with Crippen LogP contribution in [-0.4, -0.2) is 54.2 Å². The predicted molar refractivity (Wildman–Crippen MR) is 77.1 cm³/mol. The van der Waals surface area contributed by atoms with E-state index in [2.05, 4.69) is 33.6 Å². The Balaban J connectivity index is 2.15. The number of anilines is 1. The van der Waals surface area contributed by atoms with Gasteiger partial charge in [0.1, 0.15) is 6.33 Å². The maximum Gasteiger partial charge on any atom is 0.199 e. The molecule has 1 aromatic rings. The lowest BCUT2D eigenvalue weighted by atomic mass is 10.2. The molecule has 5 nitrogen and oxygen atoms in total. The normalized spacial score (nSPS) is 19.2. The first-order valence-electron chi connectivity index (χ1n) is 6.74. The standard InChI is InChI=1S/C13H21ClN4O/c1-4-17(5-2)10-6-7-18(8-10)13-11(19-3)12(14)15-9-16-13/h9-10H,4-8H2,1-3H3. The summed E-state index contributed by atoms with van der Waals surface area (Å²) in [5.74, 6) is 1.38. The van der Waals surface area contributed by atoms with Gasteiger partial charge in [0.25, 0.3) is 0 Å². The minimum atomic E-state index is 0.374. The third kappa shape index (κ3) is 2.92. The molecule has 0 radical (unpaired) electrons. The number of aromatic nitrogens is 2. The van der Waals surface area contributed by atoms with E-state index in [0.717, 1.165) is 38.4 Å². The van der Waals surface area contributed by atoms with E-state index in [1.807, 2.05) is 0 Å². The van der Waals surface area contributed by atoms with Crippen LogP contribution in [0.15, 0.2) is 6.33 Å². The number of hydrogen-bond acceptors (Lipinski definition) is 5. The highest BCUT2D eigenvalue weighted by Gasteiger charge is 2.29. The highest BCUT2D eigenvalue weighted by atomic mass is 35.5. The van der Waals surface area contributed by atoms with E-state index in [4.69, 9.17) is 16.3 Å². The summed E-state index contributed by atoms with van der Waals surface area (Å²) in [4.78, 5) is 13.0. The van der Waals surface area contributed by atoms with Crippen molar-refractivity contribution in [3.05, 3.63) is 11.5 Å². The molecule has 106 valence electrons. The van der Waals surface area contributed by atoms with Crippen LogP contribution in [0.25, 0.3) is 0 Å². The molecule has 0 saturated carbocycles. The molecule has 0 bridgehead atoms. The Kier molecular flexibility index (Phi) is 4.82. The molecule has 0 spiro atoms. The fourth-order valence-corrected chi connectivity index (χ4v) is 2.92. The Morgan fingerprint density at radius 2 is 2.16 bits per heavy atom. The molecule has 0 aliphatic carbocycles. The minimum absolute atomic E-state index is 0.374. The average molecular weight is 285 g/mol. The number of hydrogen-bond donors (Lipinski definition) is 0. The first-order valence-corrected chi connectivity index (χ1v) is 7.12. The number of rotatable bonds is 5. The van der Waals surface area contributed by atoms with E-state index >= 15 is 0 Å². The third-order valence-electron chi connectivity index (χ3n) is 3.74. The summed E-state index contributed by atoms with van der Waals surface area (Å²) in [6.07, 6.45) is 2.64. The van der Waals surface area contributed by atoms with E-state index in [9.17, 15) is 0 Å². The molecule has 0 amide bonds. The average Bonchev–Trinajstić information content (AvgIpc) is 2.89. The molecule has 0 N–H and O–H groups in total. The Hall–Kier alpha value is -1.07. The molecule has 1 fully saturated rings. The Morgan fingerprint density at radius 3 is 2.79 bits per heavy atom. The van der Waals surface area contributed by atoms with Crippen LogP contribution in [0.1, 0.15) is 20.3 Å². The van der Waals surface area contributed by atoms with Crippen LogP contribution in [-0.2, 0) is 0 Å². The number of ether oxygens (including phenoxy) is 1. The molecule has 19 heavy (non-hydrogen) atoms. The Morgan fingerprint density at radius 1 is 1.42 bits per heavy atom. The molecule has 1 unspecified atom stereocenters. The second kappa shape index (κ2) is 6.39. The van der Waals surface area contributed by atoms with Crippen molar-refractivity contribution in [3.8, 4) is 5.75 Å². The molecular weight excluding hydrogens is 264 g/mol. The van der Waals surface area contributed by atoms with Crippen molar-refractivity contribution in [2.75, 3.05) is 38.2 Å². The topological polar surface area (TPSA) is 41.5 Å². The van der Waals surface area contributed by atoms with Crippen LogP contribution in [0.3, 0.4) is 0 Å². The van der Waals surface area contributed by atoms with Gasteiger partial charge in [-0.25, -0.2) is 9.97 Å². The van der Waals surface area contributed by atoms with Crippen molar-refractivity contribution in [1.82, 2.24) is 14.9 Å². The first kappa shape index (κ1) is 14.3. The molecule has 6 heteroatoms. The van der Waals surface area contributed by atoms with E-state index in [0.29, 0.717) is 16.9 Å². The van der Waals surface area contributed by atoms with Crippen LogP contribution < -0.4 is 9.64 Å². The Labute approximate surface area is 119 Å². The number of likely N-dealkylation sites (N-methyl/N-ethyl adjacent to an activating group) is 1. The van der Waals surface area contributed by atoms with Crippen LogP contribution in [0.4, 0.5) is 5.82 Å². The van der Waals surface area contributed by atoms with E-state index < -0.39 is 0 Å². The maximum absolute atomic E-state index is 6.05. The smallest absolute Gasteiger partial charge is 0.199 e. The lowest BCUT2D eigenvalue weighted by molar-refractivity contribution is 0.232. The summed E-state index contributed by atoms with van der Waals surface area (Å²) < 4.78 is 5.32. The van der Waals surface area contributed by atoms with Gasteiger partial charge in [0, 0.05) is 19.1 Å². The fraction of sp³-hybridized carbons (Fsp3) is 0.692. The second-order valence-corrected chi connectivity index (χ2v) is 4.99. The van der Waals surface area contributed by atoms with Gasteiger partial charge in [0.2, 0.25) is 0 Å². The van der Waals surface area contributed by atoms with E-state index in [-0.39, 0.29) is 0 Å². The lowest BCUT2D eigenvalue weighted by Crippen LogP contribution is -2.37. The van der Waals surface area contributed by atoms with Crippen LogP contribution >= 0.6 is 11.6 Å². The monoisotopic (exact) mass is 284 g/mol. The van der Waals surface area contributed by atoms with Gasteiger partial charge in [-0.3, -0.25) is 4.90 Å². The SMILES string of the molecule is CCN(CC)C1CCN(c2ncnc(Cl)c2OC)C1. The van der Waals surface area contributed by atoms with E-state index in [1.165, 1.54) is 6.33 Å². The maximum atomic E-state index is 6.05. The zero-order chi connectivity index (χ0) is 13.8. The minimum Gasteiger partial charge on any atom is -0.490 e. The van der Waals surface area contributed by atoms with Crippen molar-refractivity contribution in [2.24, 2.45) is 0 Å². The summed E-state index contributed by atoms with van der Waals surface area (Å²) in [5.41, 5.74) is 0. The van der Waals surface area contributed by atoms with Gasteiger partial charge in [-0.05, 0) is 19.5 Å². The Bertz CT molecular complexity index is 425. The molecule has 1 atom stereocenters. The van der Waals surface area contributed by atoms with Crippen molar-refractivity contribution >= 4 is 17.4 Å². The van der Waals surface area contributed by atoms with Gasteiger partial charge in [-0.1, -0.05) is 25.4 Å². The molecule has 2 rings (SSSR count). The highest BCUT2D eigenvalue weighted by Crippen LogP contribution is 2.33. The molecule has 0 aromatic carbocycles. The summed E-state index contributed by atoms with van der Waals surface area (Å²) in [5, 5.41) is 0.374. The number of methoxy groups -OCH3 is 1. The van der Waals surface area contributed by atoms with Crippen molar-refractivity contribution < 1.29 is 4.74 Å². The molecule has 1 aliphatic heterocycles. The summed E-state index contributed by atoms with van der Waals surface area (Å²) in [7, 11) is 1.60. The molecular formula is C13H21ClN4O. The lowest BCUT2D eigenvalue weighted by Gasteiger charge is -2.26. The summed E-state index contributed by atoms with van der Waals surface area (Å²) in [6, 6.07) is 0.577. The van der Waals surface area contributed by atoms with Gasteiger partial charge in [0.05, 0.1) is 7.11 Å². The third-order valence-corrected chi connectivity index (χ3v) is 4.01.